The van der Waals surface area contributed by atoms with Crippen molar-refractivity contribution < 1.29 is 13.2 Å². The number of aromatic nitrogens is 1. The van der Waals surface area contributed by atoms with Crippen molar-refractivity contribution in [2.24, 2.45) is 0 Å². The van der Waals surface area contributed by atoms with Gasteiger partial charge in [-0.3, -0.25) is 9.78 Å². The van der Waals surface area contributed by atoms with Gasteiger partial charge >= 0.3 is 0 Å². The fourth-order valence-electron chi connectivity index (χ4n) is 2.03. The molecule has 1 heterocycles. The number of anilines is 1. The van der Waals surface area contributed by atoms with Gasteiger partial charge in [-0.05, 0) is 37.1 Å². The lowest BCUT2D eigenvalue weighted by molar-refractivity contribution is 0.102. The minimum absolute atomic E-state index is 0.0223. The molecule has 0 atom stereocenters. The number of benzene rings is 1. The van der Waals surface area contributed by atoms with E-state index in [1.54, 1.807) is 12.1 Å². The first kappa shape index (κ1) is 17.2. The fraction of sp³-hybridized carbons (Fsp3) is 0.200. The number of amides is 1. The molecule has 0 unspecified atom stereocenters. The van der Waals surface area contributed by atoms with Gasteiger partial charge in [-0.2, -0.15) is 0 Å². The van der Waals surface area contributed by atoms with Crippen LogP contribution in [0.3, 0.4) is 0 Å². The van der Waals surface area contributed by atoms with Crippen molar-refractivity contribution >= 4 is 44.8 Å². The van der Waals surface area contributed by atoms with E-state index in [4.69, 9.17) is 23.2 Å². The first-order valence-electron chi connectivity index (χ1n) is 7.09. The van der Waals surface area contributed by atoms with Crippen molar-refractivity contribution in [1.29, 1.82) is 0 Å². The highest BCUT2D eigenvalue weighted by Crippen LogP contribution is 2.31. The second-order valence-electron chi connectivity index (χ2n) is 5.35. The van der Waals surface area contributed by atoms with E-state index in [0.717, 1.165) is 12.8 Å². The fourth-order valence-corrected chi connectivity index (χ4v) is 4.19. The number of sulfonamides is 1. The maximum absolute atomic E-state index is 12.4. The van der Waals surface area contributed by atoms with Gasteiger partial charge in [0, 0.05) is 24.1 Å². The molecule has 126 valence electrons. The lowest BCUT2D eigenvalue weighted by Gasteiger charge is -2.12. The van der Waals surface area contributed by atoms with E-state index >= 15 is 0 Å². The highest BCUT2D eigenvalue weighted by molar-refractivity contribution is 7.89. The zero-order chi connectivity index (χ0) is 17.3. The summed E-state index contributed by atoms with van der Waals surface area (Å²) in [5.41, 5.74) is 0.538. The number of nitrogens with zero attached hydrogens (tertiary/aromatic N) is 1. The van der Waals surface area contributed by atoms with E-state index < -0.39 is 15.9 Å². The van der Waals surface area contributed by atoms with E-state index in [0.29, 0.717) is 5.69 Å². The summed E-state index contributed by atoms with van der Waals surface area (Å²) in [6.45, 7) is 0. The summed E-state index contributed by atoms with van der Waals surface area (Å²) >= 11 is 12.1. The molecule has 6 nitrogen and oxygen atoms in total. The summed E-state index contributed by atoms with van der Waals surface area (Å²) < 4.78 is 27.3. The van der Waals surface area contributed by atoms with Gasteiger partial charge in [-0.15, -0.1) is 0 Å². The Morgan fingerprint density at radius 2 is 1.79 bits per heavy atom. The average Bonchev–Trinajstić information content (AvgIpc) is 3.31. The molecule has 1 saturated carbocycles. The molecule has 1 fully saturated rings. The number of carbonyl (C=O) groups excluding carboxylic acids is 1. The van der Waals surface area contributed by atoms with Gasteiger partial charge in [0.1, 0.15) is 4.90 Å². The lowest BCUT2D eigenvalue weighted by Crippen LogP contribution is -2.26. The molecule has 2 N–H and O–H groups in total. The molecular formula is C15H13Cl2N3O3S. The third-order valence-electron chi connectivity index (χ3n) is 3.39. The Hall–Kier alpha value is -1.67. The predicted octanol–water partition coefficient (Wildman–Crippen LogP) is 3.08. The number of carbonyl (C=O) groups is 1. The quantitative estimate of drug-likeness (QED) is 0.827. The third kappa shape index (κ3) is 3.87. The van der Waals surface area contributed by atoms with Crippen LogP contribution < -0.4 is 10.0 Å². The van der Waals surface area contributed by atoms with Gasteiger partial charge in [-0.1, -0.05) is 23.2 Å². The summed E-state index contributed by atoms with van der Waals surface area (Å²) in [4.78, 5) is 16.1. The molecule has 1 aromatic heterocycles. The van der Waals surface area contributed by atoms with E-state index in [1.165, 1.54) is 24.5 Å². The molecule has 2 aromatic rings. The number of hydrogen-bond acceptors (Lipinski definition) is 4. The molecule has 3 rings (SSSR count). The summed E-state index contributed by atoms with van der Waals surface area (Å²) in [6.07, 6.45) is 4.63. The van der Waals surface area contributed by atoms with Crippen LogP contribution in [0.5, 0.6) is 0 Å². The number of nitrogens with one attached hydrogen (secondary N) is 2. The van der Waals surface area contributed by atoms with Gasteiger partial charge in [0.15, 0.2) is 0 Å². The lowest BCUT2D eigenvalue weighted by atomic mass is 10.2. The van der Waals surface area contributed by atoms with Crippen LogP contribution in [-0.4, -0.2) is 25.4 Å². The van der Waals surface area contributed by atoms with Crippen LogP contribution in [0.25, 0.3) is 0 Å². The molecule has 0 spiro atoms. The molecule has 0 saturated heterocycles. The van der Waals surface area contributed by atoms with Crippen LogP contribution in [0.4, 0.5) is 5.69 Å². The normalized spacial score (nSPS) is 14.4. The van der Waals surface area contributed by atoms with Gasteiger partial charge in [0.25, 0.3) is 5.91 Å². The molecular weight excluding hydrogens is 373 g/mol. The average molecular weight is 386 g/mol. The summed E-state index contributed by atoms with van der Waals surface area (Å²) in [6, 6.07) is 5.58. The maximum atomic E-state index is 12.4. The van der Waals surface area contributed by atoms with Crippen LogP contribution in [0.1, 0.15) is 23.2 Å². The first-order valence-corrected chi connectivity index (χ1v) is 9.33. The maximum Gasteiger partial charge on any atom is 0.257 e. The second-order valence-corrected chi connectivity index (χ2v) is 7.84. The number of rotatable bonds is 5. The van der Waals surface area contributed by atoms with Crippen LogP contribution in [0.15, 0.2) is 41.6 Å². The molecule has 0 radical (unpaired) electrons. The van der Waals surface area contributed by atoms with E-state index in [2.05, 4.69) is 15.0 Å². The van der Waals surface area contributed by atoms with Crippen LogP contribution in [-0.2, 0) is 10.0 Å². The molecule has 9 heteroatoms. The Labute approximate surface area is 149 Å². The summed E-state index contributed by atoms with van der Waals surface area (Å²) in [5, 5.41) is 2.66. The van der Waals surface area contributed by atoms with Crippen molar-refractivity contribution in [1.82, 2.24) is 9.71 Å². The third-order valence-corrected chi connectivity index (χ3v) is 5.69. The van der Waals surface area contributed by atoms with Gasteiger partial charge in [0.2, 0.25) is 10.0 Å². The van der Waals surface area contributed by atoms with Gasteiger partial charge in [-0.25, -0.2) is 13.1 Å². The van der Waals surface area contributed by atoms with Crippen molar-refractivity contribution in [3.05, 3.63) is 52.3 Å². The SMILES string of the molecule is O=C(Nc1ccncc1)c1cc(S(=O)(=O)NC2CC2)c(Cl)cc1Cl. The summed E-state index contributed by atoms with van der Waals surface area (Å²) in [7, 11) is -3.80. The minimum Gasteiger partial charge on any atom is -0.322 e. The highest BCUT2D eigenvalue weighted by atomic mass is 35.5. The predicted molar refractivity (Wildman–Crippen MR) is 92.0 cm³/mol. The van der Waals surface area contributed by atoms with E-state index in [1.807, 2.05) is 0 Å². The van der Waals surface area contributed by atoms with Crippen molar-refractivity contribution in [2.45, 2.75) is 23.8 Å². The Morgan fingerprint density at radius 1 is 1.12 bits per heavy atom. The minimum atomic E-state index is -3.80. The van der Waals surface area contributed by atoms with Crippen molar-refractivity contribution in [2.75, 3.05) is 5.32 Å². The van der Waals surface area contributed by atoms with Crippen LogP contribution >= 0.6 is 23.2 Å². The molecule has 1 aliphatic rings. The molecule has 1 amide bonds. The topological polar surface area (TPSA) is 88.2 Å². The van der Waals surface area contributed by atoms with Gasteiger partial charge in [0.05, 0.1) is 15.6 Å². The highest BCUT2D eigenvalue weighted by Gasteiger charge is 2.30. The zero-order valence-corrected chi connectivity index (χ0v) is 14.6. The molecule has 0 aliphatic heterocycles. The molecule has 1 aliphatic carbocycles. The number of hydrogen-bond donors (Lipinski definition) is 2. The first-order chi connectivity index (χ1) is 11.4. The molecule has 24 heavy (non-hydrogen) atoms. The smallest absolute Gasteiger partial charge is 0.257 e. The standard InChI is InChI=1S/C15H13Cl2N3O3S/c16-12-8-13(17)14(24(22,23)20-10-1-2-10)7-11(12)15(21)19-9-3-5-18-6-4-9/h3-8,10,20H,1-2H2,(H,18,19,21). The number of halogens is 2. The Balaban J connectivity index is 1.93. The Morgan fingerprint density at radius 3 is 2.42 bits per heavy atom. The van der Waals surface area contributed by atoms with Crippen molar-refractivity contribution in [3.63, 3.8) is 0 Å². The molecule has 1 aromatic carbocycles. The second kappa shape index (κ2) is 6.68. The van der Waals surface area contributed by atoms with E-state index in [-0.39, 0.29) is 26.5 Å². The van der Waals surface area contributed by atoms with Crippen LogP contribution in [0.2, 0.25) is 10.0 Å². The molecule has 0 bridgehead atoms. The number of pyridine rings is 1. The van der Waals surface area contributed by atoms with Crippen molar-refractivity contribution in [3.8, 4) is 0 Å². The monoisotopic (exact) mass is 385 g/mol. The van der Waals surface area contributed by atoms with Gasteiger partial charge < -0.3 is 5.32 Å². The zero-order valence-electron chi connectivity index (χ0n) is 12.3. The van der Waals surface area contributed by atoms with E-state index in [9.17, 15) is 13.2 Å². The summed E-state index contributed by atoms with van der Waals surface area (Å²) in [5.74, 6) is -0.536. The Kier molecular flexibility index (Phi) is 4.78. The Bertz CT molecular complexity index is 884. The van der Waals surface area contributed by atoms with Crippen LogP contribution in [0, 0.1) is 0 Å². The largest absolute Gasteiger partial charge is 0.322 e.